The Balaban J connectivity index is 1.59. The molecule has 2 atom stereocenters. The zero-order chi connectivity index (χ0) is 11.2. The Bertz CT molecular complexity index is 192. The molecule has 0 amide bonds. The maximum atomic E-state index is 9.24. The molecule has 0 radical (unpaired) electrons. The summed E-state index contributed by atoms with van der Waals surface area (Å²) < 4.78 is 5.35. The minimum atomic E-state index is 0.379. The standard InChI is InChI=1S/C13H25NO2/c15-10-13-3-1-2-12(13)9-14-8-11-4-6-16-7-5-11/h11-15H,1-10H2. The predicted molar refractivity (Wildman–Crippen MR) is 64.3 cm³/mol. The van der Waals surface area contributed by atoms with Crippen LogP contribution in [-0.2, 0) is 4.74 Å². The molecule has 0 bridgehead atoms. The van der Waals surface area contributed by atoms with Crippen LogP contribution in [0.4, 0.5) is 0 Å². The van der Waals surface area contributed by atoms with E-state index >= 15 is 0 Å². The Morgan fingerprint density at radius 3 is 2.50 bits per heavy atom. The van der Waals surface area contributed by atoms with Crippen molar-refractivity contribution in [2.45, 2.75) is 32.1 Å². The van der Waals surface area contributed by atoms with Gasteiger partial charge in [0.15, 0.2) is 0 Å². The Kier molecular flexibility index (Phi) is 5.07. The molecule has 2 unspecified atom stereocenters. The van der Waals surface area contributed by atoms with Crippen molar-refractivity contribution in [1.82, 2.24) is 5.32 Å². The van der Waals surface area contributed by atoms with Gasteiger partial charge >= 0.3 is 0 Å². The normalized spacial score (nSPS) is 32.1. The number of aliphatic hydroxyl groups excluding tert-OH is 1. The topological polar surface area (TPSA) is 41.5 Å². The Morgan fingerprint density at radius 1 is 1.00 bits per heavy atom. The van der Waals surface area contributed by atoms with Gasteiger partial charge in [0, 0.05) is 19.8 Å². The lowest BCUT2D eigenvalue weighted by molar-refractivity contribution is 0.0657. The molecule has 2 rings (SSSR count). The van der Waals surface area contributed by atoms with Gasteiger partial charge in [-0.15, -0.1) is 0 Å². The van der Waals surface area contributed by atoms with Crippen molar-refractivity contribution in [3.63, 3.8) is 0 Å². The summed E-state index contributed by atoms with van der Waals surface area (Å²) in [5.41, 5.74) is 0. The Labute approximate surface area is 98.6 Å². The number of rotatable bonds is 5. The Hall–Kier alpha value is -0.120. The minimum absolute atomic E-state index is 0.379. The van der Waals surface area contributed by atoms with Crippen molar-refractivity contribution in [3.05, 3.63) is 0 Å². The van der Waals surface area contributed by atoms with Gasteiger partial charge in [-0.3, -0.25) is 0 Å². The first kappa shape index (κ1) is 12.3. The lowest BCUT2D eigenvalue weighted by Gasteiger charge is -2.24. The first-order valence-electron chi connectivity index (χ1n) is 6.79. The molecule has 1 saturated carbocycles. The number of hydrogen-bond acceptors (Lipinski definition) is 3. The van der Waals surface area contributed by atoms with Crippen LogP contribution in [0.2, 0.25) is 0 Å². The second-order valence-electron chi connectivity index (χ2n) is 5.35. The number of aliphatic hydroxyl groups is 1. The van der Waals surface area contributed by atoms with E-state index in [-0.39, 0.29) is 0 Å². The molecule has 1 aliphatic carbocycles. The highest BCUT2D eigenvalue weighted by Gasteiger charge is 2.26. The minimum Gasteiger partial charge on any atom is -0.396 e. The molecule has 2 N–H and O–H groups in total. The average molecular weight is 227 g/mol. The van der Waals surface area contributed by atoms with Gasteiger partial charge in [0.1, 0.15) is 0 Å². The molecular formula is C13H25NO2. The summed E-state index contributed by atoms with van der Waals surface area (Å²) >= 11 is 0. The van der Waals surface area contributed by atoms with E-state index in [1.165, 1.54) is 32.1 Å². The van der Waals surface area contributed by atoms with Crippen molar-refractivity contribution >= 4 is 0 Å². The summed E-state index contributed by atoms with van der Waals surface area (Å²) in [5, 5.41) is 12.8. The number of hydrogen-bond donors (Lipinski definition) is 2. The molecule has 1 heterocycles. The average Bonchev–Trinajstić information content (AvgIpc) is 2.78. The smallest absolute Gasteiger partial charge is 0.0469 e. The van der Waals surface area contributed by atoms with Crippen LogP contribution < -0.4 is 5.32 Å². The molecule has 3 heteroatoms. The van der Waals surface area contributed by atoms with E-state index in [9.17, 15) is 5.11 Å². The van der Waals surface area contributed by atoms with Gasteiger partial charge in [0.25, 0.3) is 0 Å². The van der Waals surface area contributed by atoms with E-state index in [1.807, 2.05) is 0 Å². The summed E-state index contributed by atoms with van der Waals surface area (Å²) in [6.45, 7) is 4.49. The molecular weight excluding hydrogens is 202 g/mol. The summed E-state index contributed by atoms with van der Waals surface area (Å²) in [6.07, 6.45) is 6.24. The molecule has 16 heavy (non-hydrogen) atoms. The largest absolute Gasteiger partial charge is 0.396 e. The second-order valence-corrected chi connectivity index (χ2v) is 5.35. The molecule has 0 aromatic carbocycles. The number of ether oxygens (including phenoxy) is 1. The maximum absolute atomic E-state index is 9.24. The molecule has 2 fully saturated rings. The van der Waals surface area contributed by atoms with Crippen LogP contribution in [0.15, 0.2) is 0 Å². The van der Waals surface area contributed by atoms with E-state index in [1.54, 1.807) is 0 Å². The van der Waals surface area contributed by atoms with Gasteiger partial charge in [-0.1, -0.05) is 6.42 Å². The summed E-state index contributed by atoms with van der Waals surface area (Å²) in [7, 11) is 0. The van der Waals surface area contributed by atoms with Gasteiger partial charge in [0.2, 0.25) is 0 Å². The SMILES string of the molecule is OCC1CCCC1CNCC1CCOCC1. The lowest BCUT2D eigenvalue weighted by atomic mass is 9.96. The highest BCUT2D eigenvalue weighted by atomic mass is 16.5. The summed E-state index contributed by atoms with van der Waals surface area (Å²) in [6, 6.07) is 0. The molecule has 0 spiro atoms. The third-order valence-corrected chi connectivity index (χ3v) is 4.23. The molecule has 1 saturated heterocycles. The lowest BCUT2D eigenvalue weighted by Crippen LogP contribution is -2.32. The number of nitrogens with one attached hydrogen (secondary N) is 1. The monoisotopic (exact) mass is 227 g/mol. The van der Waals surface area contributed by atoms with Gasteiger partial charge < -0.3 is 15.2 Å². The first-order chi connectivity index (χ1) is 7.90. The summed E-state index contributed by atoms with van der Waals surface area (Å²) in [4.78, 5) is 0. The van der Waals surface area contributed by atoms with Gasteiger partial charge in [-0.25, -0.2) is 0 Å². The first-order valence-corrected chi connectivity index (χ1v) is 6.79. The molecule has 0 aromatic heterocycles. The second kappa shape index (κ2) is 6.58. The fourth-order valence-electron chi connectivity index (χ4n) is 3.05. The zero-order valence-electron chi connectivity index (χ0n) is 10.2. The third kappa shape index (κ3) is 3.44. The quantitative estimate of drug-likeness (QED) is 0.746. The van der Waals surface area contributed by atoms with Crippen molar-refractivity contribution in [1.29, 1.82) is 0 Å². The maximum Gasteiger partial charge on any atom is 0.0469 e. The van der Waals surface area contributed by atoms with Crippen LogP contribution in [0, 0.1) is 17.8 Å². The van der Waals surface area contributed by atoms with Crippen LogP contribution in [0.5, 0.6) is 0 Å². The highest BCUT2D eigenvalue weighted by molar-refractivity contribution is 4.79. The summed E-state index contributed by atoms with van der Waals surface area (Å²) in [5.74, 6) is 2.08. The van der Waals surface area contributed by atoms with Crippen LogP contribution in [0.3, 0.4) is 0 Å². The fourth-order valence-corrected chi connectivity index (χ4v) is 3.05. The van der Waals surface area contributed by atoms with E-state index in [2.05, 4.69) is 5.32 Å². The van der Waals surface area contributed by atoms with Crippen molar-refractivity contribution in [3.8, 4) is 0 Å². The van der Waals surface area contributed by atoms with Crippen LogP contribution in [-0.4, -0.2) is 38.0 Å². The van der Waals surface area contributed by atoms with Gasteiger partial charge in [0.05, 0.1) is 0 Å². The highest BCUT2D eigenvalue weighted by Crippen LogP contribution is 2.30. The van der Waals surface area contributed by atoms with E-state index in [0.717, 1.165) is 32.2 Å². The molecule has 0 aromatic rings. The van der Waals surface area contributed by atoms with Crippen LogP contribution >= 0.6 is 0 Å². The third-order valence-electron chi connectivity index (χ3n) is 4.23. The van der Waals surface area contributed by atoms with Gasteiger partial charge in [-0.05, 0) is 56.5 Å². The van der Waals surface area contributed by atoms with E-state index < -0.39 is 0 Å². The van der Waals surface area contributed by atoms with Crippen LogP contribution in [0.1, 0.15) is 32.1 Å². The van der Waals surface area contributed by atoms with E-state index in [0.29, 0.717) is 18.4 Å². The molecule has 3 nitrogen and oxygen atoms in total. The van der Waals surface area contributed by atoms with Crippen molar-refractivity contribution in [2.75, 3.05) is 32.9 Å². The Morgan fingerprint density at radius 2 is 1.75 bits per heavy atom. The van der Waals surface area contributed by atoms with Gasteiger partial charge in [-0.2, -0.15) is 0 Å². The zero-order valence-corrected chi connectivity index (χ0v) is 10.2. The fraction of sp³-hybridized carbons (Fsp3) is 1.00. The molecule has 2 aliphatic rings. The van der Waals surface area contributed by atoms with Crippen molar-refractivity contribution < 1.29 is 9.84 Å². The molecule has 1 aliphatic heterocycles. The van der Waals surface area contributed by atoms with E-state index in [4.69, 9.17) is 4.74 Å². The predicted octanol–water partition coefficient (Wildman–Crippen LogP) is 1.41. The molecule has 94 valence electrons. The van der Waals surface area contributed by atoms with Crippen LogP contribution in [0.25, 0.3) is 0 Å². The van der Waals surface area contributed by atoms with Crippen molar-refractivity contribution in [2.24, 2.45) is 17.8 Å².